The molecule has 33 heavy (non-hydrogen) atoms. The fraction of sp³-hybridized carbons (Fsp3) is 0.304. The van der Waals surface area contributed by atoms with Gasteiger partial charge in [-0.3, -0.25) is 10.1 Å². The maximum atomic E-state index is 13.7. The zero-order valence-corrected chi connectivity index (χ0v) is 19.6. The minimum Gasteiger partial charge on any atom is -0.497 e. The highest BCUT2D eigenvalue weighted by molar-refractivity contribution is 7.90. The van der Waals surface area contributed by atoms with Crippen molar-refractivity contribution in [1.82, 2.24) is 4.98 Å². The number of rotatable bonds is 6. The predicted octanol–water partition coefficient (Wildman–Crippen LogP) is 4.82. The second-order valence-corrected chi connectivity index (χ2v) is 11.0. The lowest BCUT2D eigenvalue weighted by molar-refractivity contribution is -0.111. The van der Waals surface area contributed by atoms with Crippen LogP contribution in [0, 0.1) is 5.92 Å². The molecule has 1 fully saturated rings. The Morgan fingerprint density at radius 3 is 2.42 bits per heavy atom. The largest absolute Gasteiger partial charge is 0.497 e. The van der Waals surface area contributed by atoms with Crippen molar-refractivity contribution >= 4 is 48.0 Å². The molecule has 1 aliphatic carbocycles. The maximum absolute atomic E-state index is 13.7. The van der Waals surface area contributed by atoms with Crippen molar-refractivity contribution in [3.63, 3.8) is 0 Å². The lowest BCUT2D eigenvalue weighted by Gasteiger charge is -2.11. The zero-order valence-electron chi connectivity index (χ0n) is 17.9. The number of thiazole rings is 1. The molecule has 1 aromatic heterocycles. The summed E-state index contributed by atoms with van der Waals surface area (Å²) in [6.45, 7) is 0. The number of halogens is 2. The molecule has 1 heterocycles. The Morgan fingerprint density at radius 1 is 1.15 bits per heavy atom. The molecule has 3 aromatic rings. The van der Waals surface area contributed by atoms with E-state index < -0.39 is 34.0 Å². The molecular formula is C23H22F2N2O4S2. The van der Waals surface area contributed by atoms with Crippen LogP contribution in [0.15, 0.2) is 53.4 Å². The van der Waals surface area contributed by atoms with Crippen molar-refractivity contribution in [2.24, 2.45) is 5.92 Å². The minimum absolute atomic E-state index is 0.0136. The van der Waals surface area contributed by atoms with E-state index in [0.29, 0.717) is 22.0 Å². The molecule has 0 spiro atoms. The van der Waals surface area contributed by atoms with E-state index in [1.54, 1.807) is 25.3 Å². The lowest BCUT2D eigenvalue weighted by Crippen LogP contribution is -2.14. The molecule has 1 N–H and O–H groups in total. The summed E-state index contributed by atoms with van der Waals surface area (Å²) in [6, 6.07) is 11.2. The summed E-state index contributed by atoms with van der Waals surface area (Å²) in [5.74, 6) is -0.283. The number of benzene rings is 2. The number of aromatic nitrogens is 1. The van der Waals surface area contributed by atoms with Gasteiger partial charge >= 0.3 is 0 Å². The van der Waals surface area contributed by atoms with Crippen molar-refractivity contribution < 1.29 is 26.7 Å². The Kier molecular flexibility index (Phi) is 6.49. The van der Waals surface area contributed by atoms with Gasteiger partial charge in [0.1, 0.15) is 18.1 Å². The molecule has 2 atom stereocenters. The normalized spacial score (nSPS) is 21.3. The van der Waals surface area contributed by atoms with Crippen LogP contribution in [-0.2, 0) is 14.6 Å². The number of ether oxygens (including phenoxy) is 1. The number of carbonyl (C=O) groups is 1. The van der Waals surface area contributed by atoms with Crippen molar-refractivity contribution in [3.8, 4) is 5.75 Å². The summed E-state index contributed by atoms with van der Waals surface area (Å²) >= 11 is 1.27. The first-order chi connectivity index (χ1) is 15.6. The number of fused-ring (bicyclic) bond motifs is 1. The van der Waals surface area contributed by atoms with Gasteiger partial charge in [0.2, 0.25) is 0 Å². The SMILES string of the molecule is COc1ccc2nc(NC(=O)/C(=C/C3CC(F)C(F)C3)c3ccc(S(C)(=O)=O)cc3)sc2c1. The molecule has 0 bridgehead atoms. The van der Waals surface area contributed by atoms with E-state index in [1.807, 2.05) is 6.07 Å². The zero-order chi connectivity index (χ0) is 23.8. The van der Waals surface area contributed by atoms with Gasteiger partial charge in [-0.1, -0.05) is 29.5 Å². The molecule has 2 aromatic carbocycles. The number of amides is 1. The van der Waals surface area contributed by atoms with E-state index in [9.17, 15) is 22.0 Å². The topological polar surface area (TPSA) is 85.4 Å². The third-order valence-corrected chi connectivity index (χ3v) is 7.57. The molecule has 1 amide bonds. The summed E-state index contributed by atoms with van der Waals surface area (Å²) in [6.07, 6.45) is -0.507. The number of alkyl halides is 2. The van der Waals surface area contributed by atoms with Crippen LogP contribution in [0.1, 0.15) is 18.4 Å². The van der Waals surface area contributed by atoms with E-state index in [0.717, 1.165) is 11.0 Å². The second kappa shape index (κ2) is 9.18. The van der Waals surface area contributed by atoms with Gasteiger partial charge in [0.15, 0.2) is 15.0 Å². The van der Waals surface area contributed by atoms with Crippen LogP contribution in [-0.4, -0.2) is 45.0 Å². The van der Waals surface area contributed by atoms with Crippen molar-refractivity contribution in [2.45, 2.75) is 30.1 Å². The number of methoxy groups -OCH3 is 1. The molecular weight excluding hydrogens is 470 g/mol. The smallest absolute Gasteiger partial charge is 0.257 e. The fourth-order valence-electron chi connectivity index (χ4n) is 3.78. The molecule has 0 saturated heterocycles. The highest BCUT2D eigenvalue weighted by Crippen LogP contribution is 2.35. The first kappa shape index (κ1) is 23.3. The molecule has 174 valence electrons. The summed E-state index contributed by atoms with van der Waals surface area (Å²) < 4.78 is 57.1. The molecule has 0 radical (unpaired) electrons. The molecule has 10 heteroatoms. The van der Waals surface area contributed by atoms with Gasteiger partial charge in [-0.2, -0.15) is 0 Å². The monoisotopic (exact) mass is 492 g/mol. The number of nitrogens with zero attached hydrogens (tertiary/aromatic N) is 1. The predicted molar refractivity (Wildman–Crippen MR) is 125 cm³/mol. The Morgan fingerprint density at radius 2 is 1.82 bits per heavy atom. The second-order valence-electron chi connectivity index (χ2n) is 7.95. The Hall–Kier alpha value is -2.85. The highest BCUT2D eigenvalue weighted by Gasteiger charge is 2.34. The maximum Gasteiger partial charge on any atom is 0.257 e. The van der Waals surface area contributed by atoms with Gasteiger partial charge in [0.05, 0.1) is 22.2 Å². The molecule has 6 nitrogen and oxygen atoms in total. The molecule has 2 unspecified atom stereocenters. The van der Waals surface area contributed by atoms with Crippen molar-refractivity contribution in [3.05, 3.63) is 54.1 Å². The third kappa shape index (κ3) is 5.22. The summed E-state index contributed by atoms with van der Waals surface area (Å²) in [4.78, 5) is 17.7. The summed E-state index contributed by atoms with van der Waals surface area (Å²) in [5.41, 5.74) is 1.34. The van der Waals surface area contributed by atoms with Crippen LogP contribution in [0.4, 0.5) is 13.9 Å². The number of hydrogen-bond acceptors (Lipinski definition) is 6. The number of anilines is 1. The number of sulfone groups is 1. The van der Waals surface area contributed by atoms with E-state index in [-0.39, 0.29) is 23.3 Å². The average Bonchev–Trinajstić information content (AvgIpc) is 3.32. The summed E-state index contributed by atoms with van der Waals surface area (Å²) in [5, 5.41) is 3.12. The fourth-order valence-corrected chi connectivity index (χ4v) is 5.30. The number of carbonyl (C=O) groups excluding carboxylic acids is 1. The van der Waals surface area contributed by atoms with Gasteiger partial charge in [-0.05, 0) is 54.7 Å². The van der Waals surface area contributed by atoms with Crippen LogP contribution in [0.25, 0.3) is 15.8 Å². The van der Waals surface area contributed by atoms with Gasteiger partial charge in [-0.25, -0.2) is 22.2 Å². The van der Waals surface area contributed by atoms with Crippen LogP contribution >= 0.6 is 11.3 Å². The first-order valence-electron chi connectivity index (χ1n) is 10.2. The molecule has 1 aliphatic rings. The Labute approximate surface area is 194 Å². The van der Waals surface area contributed by atoms with Gasteiger partial charge in [0, 0.05) is 11.8 Å². The van der Waals surface area contributed by atoms with Gasteiger partial charge in [-0.15, -0.1) is 0 Å². The van der Waals surface area contributed by atoms with Gasteiger partial charge < -0.3 is 4.74 Å². The van der Waals surface area contributed by atoms with E-state index in [1.165, 1.54) is 35.6 Å². The quantitative estimate of drug-likeness (QED) is 0.499. The van der Waals surface area contributed by atoms with E-state index in [2.05, 4.69) is 10.3 Å². The lowest BCUT2D eigenvalue weighted by atomic mass is 9.98. The van der Waals surface area contributed by atoms with Gasteiger partial charge in [0.25, 0.3) is 5.91 Å². The minimum atomic E-state index is -3.41. The van der Waals surface area contributed by atoms with E-state index in [4.69, 9.17) is 4.74 Å². The average molecular weight is 493 g/mol. The Balaban J connectivity index is 1.66. The standard InChI is InChI=1S/C23H22F2N2O4S2/c1-31-15-5-8-20-21(12-15)32-23(26-20)27-22(28)17(9-13-10-18(24)19(25)11-13)14-3-6-16(7-4-14)33(2,29)30/h3-9,12-13,18-19H,10-11H2,1-2H3,(H,26,27,28)/b17-9+. The Bertz CT molecular complexity index is 1310. The van der Waals surface area contributed by atoms with Crippen molar-refractivity contribution in [2.75, 3.05) is 18.7 Å². The number of hydrogen-bond donors (Lipinski definition) is 1. The highest BCUT2D eigenvalue weighted by atomic mass is 32.2. The molecule has 0 aliphatic heterocycles. The van der Waals surface area contributed by atoms with Crippen LogP contribution in [0.2, 0.25) is 0 Å². The van der Waals surface area contributed by atoms with Crippen LogP contribution < -0.4 is 10.1 Å². The number of allylic oxidation sites excluding steroid dienone is 1. The summed E-state index contributed by atoms with van der Waals surface area (Å²) in [7, 11) is -1.85. The molecule has 1 saturated carbocycles. The van der Waals surface area contributed by atoms with Crippen LogP contribution in [0.3, 0.4) is 0 Å². The van der Waals surface area contributed by atoms with E-state index >= 15 is 0 Å². The van der Waals surface area contributed by atoms with Crippen LogP contribution in [0.5, 0.6) is 5.75 Å². The molecule has 4 rings (SSSR count). The van der Waals surface area contributed by atoms with Crippen molar-refractivity contribution in [1.29, 1.82) is 0 Å². The number of nitrogens with one attached hydrogen (secondary N) is 1. The third-order valence-electron chi connectivity index (χ3n) is 5.50. The first-order valence-corrected chi connectivity index (χ1v) is 12.9.